The van der Waals surface area contributed by atoms with Crippen molar-refractivity contribution in [1.82, 2.24) is 0 Å². The molecule has 0 bridgehead atoms. The van der Waals surface area contributed by atoms with Gasteiger partial charge in [-0.1, -0.05) is 18.2 Å². The van der Waals surface area contributed by atoms with Crippen LogP contribution in [0.25, 0.3) is 0 Å². The van der Waals surface area contributed by atoms with Gasteiger partial charge >= 0.3 is 0 Å². The number of carbonyl (C=O) groups excluding carboxylic acids is 1. The SMILES string of the molecule is CC(=CCC1C=CCCC1)C(N)=O. The average molecular weight is 179 g/mol. The van der Waals surface area contributed by atoms with E-state index in [1.807, 2.05) is 6.08 Å². The van der Waals surface area contributed by atoms with E-state index >= 15 is 0 Å². The smallest absolute Gasteiger partial charge is 0.244 e. The van der Waals surface area contributed by atoms with Gasteiger partial charge in [-0.2, -0.15) is 0 Å². The predicted octanol–water partition coefficient (Wildman–Crippen LogP) is 2.16. The van der Waals surface area contributed by atoms with Gasteiger partial charge in [0.15, 0.2) is 0 Å². The summed E-state index contributed by atoms with van der Waals surface area (Å²) in [4.78, 5) is 10.7. The Hall–Kier alpha value is -1.05. The van der Waals surface area contributed by atoms with Crippen molar-refractivity contribution in [2.75, 3.05) is 0 Å². The fraction of sp³-hybridized carbons (Fsp3) is 0.545. The number of primary amides is 1. The number of nitrogens with two attached hydrogens (primary N) is 1. The molecule has 0 aromatic heterocycles. The topological polar surface area (TPSA) is 43.1 Å². The highest BCUT2D eigenvalue weighted by molar-refractivity contribution is 5.91. The van der Waals surface area contributed by atoms with Gasteiger partial charge in [-0.05, 0) is 38.5 Å². The summed E-state index contributed by atoms with van der Waals surface area (Å²) < 4.78 is 0. The molecule has 1 unspecified atom stereocenters. The lowest BCUT2D eigenvalue weighted by molar-refractivity contribution is -0.114. The molecule has 0 fully saturated rings. The molecule has 0 heterocycles. The lowest BCUT2D eigenvalue weighted by atomic mass is 9.92. The minimum Gasteiger partial charge on any atom is -0.366 e. The molecule has 0 radical (unpaired) electrons. The first-order valence-electron chi connectivity index (χ1n) is 4.83. The summed E-state index contributed by atoms with van der Waals surface area (Å²) in [5.74, 6) is 0.308. The molecule has 2 nitrogen and oxygen atoms in total. The van der Waals surface area contributed by atoms with E-state index in [1.165, 1.54) is 19.3 Å². The lowest BCUT2D eigenvalue weighted by Gasteiger charge is -2.13. The molecule has 72 valence electrons. The summed E-state index contributed by atoms with van der Waals surface area (Å²) in [6.45, 7) is 1.77. The van der Waals surface area contributed by atoms with Crippen molar-refractivity contribution in [3.63, 3.8) is 0 Å². The molecule has 13 heavy (non-hydrogen) atoms. The van der Waals surface area contributed by atoms with Gasteiger partial charge in [0.1, 0.15) is 0 Å². The Morgan fingerprint density at radius 2 is 2.46 bits per heavy atom. The number of carbonyl (C=O) groups is 1. The second kappa shape index (κ2) is 4.85. The molecular formula is C11H17NO. The fourth-order valence-corrected chi connectivity index (χ4v) is 1.51. The molecule has 2 heteroatoms. The second-order valence-corrected chi connectivity index (χ2v) is 3.61. The standard InChI is InChI=1S/C11H17NO/c1-9(11(12)13)7-8-10-5-3-2-4-6-10/h3,5,7,10H,2,4,6,8H2,1H3,(H2,12,13). The Balaban J connectivity index is 2.40. The monoisotopic (exact) mass is 179 g/mol. The highest BCUT2D eigenvalue weighted by Gasteiger charge is 2.07. The van der Waals surface area contributed by atoms with Gasteiger partial charge in [0.2, 0.25) is 5.91 Å². The predicted molar refractivity (Wildman–Crippen MR) is 54.0 cm³/mol. The van der Waals surface area contributed by atoms with Gasteiger partial charge in [0.25, 0.3) is 0 Å². The van der Waals surface area contributed by atoms with Gasteiger partial charge in [-0.3, -0.25) is 4.79 Å². The van der Waals surface area contributed by atoms with Gasteiger partial charge in [-0.25, -0.2) is 0 Å². The molecule has 0 aliphatic heterocycles. The maximum absolute atomic E-state index is 10.7. The van der Waals surface area contributed by atoms with Crippen LogP contribution >= 0.6 is 0 Å². The van der Waals surface area contributed by atoms with Crippen molar-refractivity contribution in [1.29, 1.82) is 0 Å². The number of hydrogen-bond acceptors (Lipinski definition) is 1. The van der Waals surface area contributed by atoms with E-state index in [9.17, 15) is 4.79 Å². The maximum atomic E-state index is 10.7. The van der Waals surface area contributed by atoms with Crippen LogP contribution in [0.1, 0.15) is 32.6 Å². The zero-order valence-electron chi connectivity index (χ0n) is 8.12. The minimum absolute atomic E-state index is 0.306. The van der Waals surface area contributed by atoms with Gasteiger partial charge < -0.3 is 5.73 Å². The summed E-state index contributed by atoms with van der Waals surface area (Å²) in [5, 5.41) is 0. The summed E-state index contributed by atoms with van der Waals surface area (Å²) in [7, 11) is 0. The average Bonchev–Trinajstić information content (AvgIpc) is 2.15. The molecule has 0 spiro atoms. The third-order valence-corrected chi connectivity index (χ3v) is 2.47. The van der Waals surface area contributed by atoms with Gasteiger partial charge in [0.05, 0.1) is 0 Å². The number of amides is 1. The van der Waals surface area contributed by atoms with Crippen LogP contribution in [-0.4, -0.2) is 5.91 Å². The first-order valence-corrected chi connectivity index (χ1v) is 4.83. The third kappa shape index (κ3) is 3.45. The van der Waals surface area contributed by atoms with Crippen LogP contribution in [0, 0.1) is 5.92 Å². The molecule has 1 atom stereocenters. The van der Waals surface area contributed by atoms with E-state index in [0.717, 1.165) is 6.42 Å². The van der Waals surface area contributed by atoms with E-state index in [2.05, 4.69) is 12.2 Å². The summed E-state index contributed by atoms with van der Waals surface area (Å²) in [6.07, 6.45) is 11.1. The van der Waals surface area contributed by atoms with Crippen LogP contribution in [0.5, 0.6) is 0 Å². The zero-order valence-corrected chi connectivity index (χ0v) is 8.12. The van der Waals surface area contributed by atoms with Crippen LogP contribution in [0.15, 0.2) is 23.8 Å². The lowest BCUT2D eigenvalue weighted by Crippen LogP contribution is -2.12. The summed E-state index contributed by atoms with van der Waals surface area (Å²) in [5.41, 5.74) is 5.81. The van der Waals surface area contributed by atoms with E-state index < -0.39 is 0 Å². The molecular weight excluding hydrogens is 162 g/mol. The van der Waals surface area contributed by atoms with Crippen LogP contribution in [-0.2, 0) is 4.79 Å². The molecule has 0 saturated carbocycles. The van der Waals surface area contributed by atoms with Crippen LogP contribution in [0.3, 0.4) is 0 Å². The van der Waals surface area contributed by atoms with Crippen molar-refractivity contribution in [2.45, 2.75) is 32.6 Å². The molecule has 2 N–H and O–H groups in total. The van der Waals surface area contributed by atoms with E-state index in [4.69, 9.17) is 5.73 Å². The highest BCUT2D eigenvalue weighted by atomic mass is 16.1. The van der Waals surface area contributed by atoms with E-state index in [0.29, 0.717) is 11.5 Å². The summed E-state index contributed by atoms with van der Waals surface area (Å²) >= 11 is 0. The van der Waals surface area contributed by atoms with Crippen molar-refractivity contribution in [3.05, 3.63) is 23.8 Å². The molecule has 1 aliphatic carbocycles. The van der Waals surface area contributed by atoms with Crippen LogP contribution < -0.4 is 5.73 Å². The normalized spacial score (nSPS) is 23.2. The van der Waals surface area contributed by atoms with Gasteiger partial charge in [0, 0.05) is 5.57 Å². The van der Waals surface area contributed by atoms with Crippen molar-refractivity contribution < 1.29 is 4.79 Å². The molecule has 1 aliphatic rings. The first kappa shape index (κ1) is 10.0. The Kier molecular flexibility index (Phi) is 3.74. The quantitative estimate of drug-likeness (QED) is 0.523. The number of rotatable bonds is 3. The fourth-order valence-electron chi connectivity index (χ4n) is 1.51. The molecule has 0 aromatic rings. The van der Waals surface area contributed by atoms with Crippen molar-refractivity contribution in [3.8, 4) is 0 Å². The molecule has 0 aromatic carbocycles. The zero-order chi connectivity index (χ0) is 9.68. The Labute approximate surface area is 79.5 Å². The molecule has 0 saturated heterocycles. The van der Waals surface area contributed by atoms with Crippen LogP contribution in [0.4, 0.5) is 0 Å². The Morgan fingerprint density at radius 1 is 1.69 bits per heavy atom. The molecule has 1 rings (SSSR count). The molecule has 1 amide bonds. The second-order valence-electron chi connectivity index (χ2n) is 3.61. The number of allylic oxidation sites excluding steroid dienone is 3. The minimum atomic E-state index is -0.306. The van der Waals surface area contributed by atoms with Gasteiger partial charge in [-0.15, -0.1) is 0 Å². The Morgan fingerprint density at radius 3 is 3.00 bits per heavy atom. The van der Waals surface area contributed by atoms with Crippen LogP contribution in [0.2, 0.25) is 0 Å². The third-order valence-electron chi connectivity index (χ3n) is 2.47. The maximum Gasteiger partial charge on any atom is 0.244 e. The Bertz CT molecular complexity index is 240. The van der Waals surface area contributed by atoms with Crippen molar-refractivity contribution in [2.24, 2.45) is 11.7 Å². The summed E-state index contributed by atoms with van der Waals surface area (Å²) in [6, 6.07) is 0. The number of hydrogen-bond donors (Lipinski definition) is 1. The highest BCUT2D eigenvalue weighted by Crippen LogP contribution is 2.20. The largest absolute Gasteiger partial charge is 0.366 e. The van der Waals surface area contributed by atoms with E-state index in [-0.39, 0.29) is 5.91 Å². The first-order chi connectivity index (χ1) is 6.20. The van der Waals surface area contributed by atoms with E-state index in [1.54, 1.807) is 6.92 Å². The van der Waals surface area contributed by atoms with Crippen molar-refractivity contribution >= 4 is 5.91 Å².